The third-order valence-electron chi connectivity index (χ3n) is 9.56. The van der Waals surface area contributed by atoms with Crippen LogP contribution in [0.25, 0.3) is 33.0 Å². The van der Waals surface area contributed by atoms with Gasteiger partial charge in [-0.3, -0.25) is 24.1 Å². The number of halogens is 2. The number of benzene rings is 5. The first-order valence-electron chi connectivity index (χ1n) is 16.4. The Morgan fingerprint density at radius 3 is 1.68 bits per heavy atom. The zero-order valence-electron chi connectivity index (χ0n) is 27.1. The summed E-state index contributed by atoms with van der Waals surface area (Å²) in [4.78, 5) is 60.1. The quantitative estimate of drug-likeness (QED) is 0.0884. The number of hydrogen-bond donors (Lipinski definition) is 2. The molecule has 5 aromatic rings. The van der Waals surface area contributed by atoms with Crippen molar-refractivity contribution < 1.29 is 33.1 Å². The van der Waals surface area contributed by atoms with E-state index < -0.39 is 47.9 Å². The highest BCUT2D eigenvalue weighted by Gasteiger charge is 2.44. The van der Waals surface area contributed by atoms with E-state index in [4.69, 9.17) is 0 Å². The van der Waals surface area contributed by atoms with Crippen LogP contribution in [0.5, 0.6) is 0 Å². The van der Waals surface area contributed by atoms with Gasteiger partial charge in [-0.05, 0) is 108 Å². The number of anilines is 1. The van der Waals surface area contributed by atoms with Crippen molar-refractivity contribution in [1.82, 2.24) is 4.90 Å². The van der Waals surface area contributed by atoms with E-state index in [9.17, 15) is 33.1 Å². The molecule has 0 radical (unpaired) electrons. The van der Waals surface area contributed by atoms with Crippen LogP contribution in [0.1, 0.15) is 73.2 Å². The van der Waals surface area contributed by atoms with Crippen molar-refractivity contribution in [1.29, 1.82) is 0 Å². The first-order chi connectivity index (χ1) is 24.2. The second kappa shape index (κ2) is 13.3. The number of thiol groups is 1. The van der Waals surface area contributed by atoms with Gasteiger partial charge in [0.2, 0.25) is 0 Å². The lowest BCUT2D eigenvalue weighted by Gasteiger charge is -2.36. The maximum atomic E-state index is 14.7. The summed E-state index contributed by atoms with van der Waals surface area (Å²) in [7, 11) is 0. The van der Waals surface area contributed by atoms with Gasteiger partial charge in [-0.25, -0.2) is 13.7 Å². The molecule has 1 unspecified atom stereocenters. The monoisotopic (exact) mass is 690 g/mol. The molecule has 0 fully saturated rings. The zero-order chi connectivity index (χ0) is 35.3. The first kappa shape index (κ1) is 33.3. The van der Waals surface area contributed by atoms with Crippen molar-refractivity contribution >= 4 is 52.7 Å². The molecular weight excluding hydrogens is 659 g/mol. The number of aryl methyl sites for hydroxylation is 1. The second-order valence-electron chi connectivity index (χ2n) is 12.5. The van der Waals surface area contributed by atoms with Gasteiger partial charge in [0.1, 0.15) is 11.6 Å². The molecular formula is C40H32F2N2O5S. The number of unbranched alkanes of at least 4 members (excludes halogenated alkanes) is 1. The van der Waals surface area contributed by atoms with E-state index in [-0.39, 0.29) is 50.6 Å². The minimum Gasteiger partial charge on any atom is -0.394 e. The summed E-state index contributed by atoms with van der Waals surface area (Å²) >= 11 is 4.28. The topological polar surface area (TPSA) is 95.0 Å². The Morgan fingerprint density at radius 1 is 0.660 bits per heavy atom. The molecule has 50 heavy (non-hydrogen) atoms. The number of rotatable bonds is 10. The highest BCUT2D eigenvalue weighted by molar-refractivity contribution is 7.80. The van der Waals surface area contributed by atoms with E-state index >= 15 is 0 Å². The molecule has 5 aromatic carbocycles. The van der Waals surface area contributed by atoms with Crippen LogP contribution in [0.3, 0.4) is 0 Å². The second-order valence-corrected chi connectivity index (χ2v) is 12.9. The molecule has 10 heteroatoms. The molecule has 252 valence electrons. The molecule has 0 bridgehead atoms. The molecule has 4 amide bonds. The van der Waals surface area contributed by atoms with Crippen LogP contribution in [-0.4, -0.2) is 52.0 Å². The highest BCUT2D eigenvalue weighted by atomic mass is 32.1. The van der Waals surface area contributed by atoms with Crippen molar-refractivity contribution in [2.75, 3.05) is 17.3 Å². The van der Waals surface area contributed by atoms with Crippen LogP contribution in [-0.2, 0) is 6.42 Å². The average Bonchev–Trinajstić information content (AvgIpc) is 3.12. The lowest BCUT2D eigenvalue weighted by atomic mass is 9.78. The third-order valence-corrected chi connectivity index (χ3v) is 9.88. The summed E-state index contributed by atoms with van der Waals surface area (Å²) in [5.74, 6) is -2.97. The number of amides is 4. The van der Waals surface area contributed by atoms with Crippen molar-refractivity contribution in [3.63, 3.8) is 0 Å². The summed E-state index contributed by atoms with van der Waals surface area (Å²) in [5.41, 5.74) is 3.01. The fraction of sp³-hybridized carbons (Fsp3) is 0.200. The lowest BCUT2D eigenvalue weighted by molar-refractivity contribution is 0.0465. The Labute approximate surface area is 292 Å². The minimum atomic E-state index is -0.861. The van der Waals surface area contributed by atoms with Crippen LogP contribution in [0.2, 0.25) is 0 Å². The normalized spacial score (nSPS) is 14.6. The Bertz CT molecular complexity index is 2200. The van der Waals surface area contributed by atoms with E-state index in [1.807, 2.05) is 12.1 Å². The molecule has 0 spiro atoms. The number of carbonyl (C=O) groups excluding carboxylic acids is 4. The Kier molecular flexibility index (Phi) is 8.84. The maximum Gasteiger partial charge on any atom is 0.266 e. The van der Waals surface area contributed by atoms with Gasteiger partial charge in [-0.2, -0.15) is 12.6 Å². The summed E-state index contributed by atoms with van der Waals surface area (Å²) in [6.45, 7) is 1.25. The van der Waals surface area contributed by atoms with Crippen LogP contribution >= 0.6 is 12.6 Å². The molecule has 0 aliphatic carbocycles. The van der Waals surface area contributed by atoms with Gasteiger partial charge >= 0.3 is 0 Å². The smallest absolute Gasteiger partial charge is 0.266 e. The summed E-state index contributed by atoms with van der Waals surface area (Å²) in [5, 5.41) is 10.5. The van der Waals surface area contributed by atoms with E-state index in [1.54, 1.807) is 19.1 Å². The van der Waals surface area contributed by atoms with Crippen molar-refractivity contribution in [2.45, 2.75) is 38.6 Å². The molecule has 0 aromatic heterocycles. The zero-order valence-corrected chi connectivity index (χ0v) is 28.0. The van der Waals surface area contributed by atoms with E-state index in [0.29, 0.717) is 16.8 Å². The number of aliphatic hydroxyl groups excluding tert-OH is 1. The maximum absolute atomic E-state index is 14.7. The number of imide groups is 2. The molecule has 2 aliphatic rings. The highest BCUT2D eigenvalue weighted by Crippen LogP contribution is 2.47. The van der Waals surface area contributed by atoms with Gasteiger partial charge in [0.15, 0.2) is 0 Å². The molecule has 0 saturated heterocycles. The molecule has 7 rings (SSSR count). The molecule has 7 nitrogen and oxygen atoms in total. The van der Waals surface area contributed by atoms with Crippen molar-refractivity contribution in [2.24, 2.45) is 0 Å². The van der Waals surface area contributed by atoms with Gasteiger partial charge in [-0.1, -0.05) is 43.3 Å². The fourth-order valence-electron chi connectivity index (χ4n) is 7.01. The van der Waals surface area contributed by atoms with Gasteiger partial charge in [0.25, 0.3) is 23.6 Å². The number of carbonyl (C=O) groups is 4. The Hall–Kier alpha value is -5.19. The Morgan fingerprint density at radius 2 is 1.18 bits per heavy atom. The lowest BCUT2D eigenvalue weighted by Crippen LogP contribution is -2.49. The van der Waals surface area contributed by atoms with Crippen LogP contribution in [0.4, 0.5) is 14.5 Å². The van der Waals surface area contributed by atoms with Gasteiger partial charge in [0, 0.05) is 21.9 Å². The molecule has 2 heterocycles. The number of aliphatic hydroxyl groups is 1. The van der Waals surface area contributed by atoms with Crippen molar-refractivity contribution in [3.05, 3.63) is 124 Å². The van der Waals surface area contributed by atoms with E-state index in [1.165, 1.54) is 60.7 Å². The predicted octanol–water partition coefficient (Wildman–Crippen LogP) is 7.87. The average molecular weight is 691 g/mol. The molecule has 2 aliphatic heterocycles. The number of hydrogen-bond acceptors (Lipinski definition) is 6. The van der Waals surface area contributed by atoms with E-state index in [2.05, 4.69) is 12.6 Å². The predicted molar refractivity (Wildman–Crippen MR) is 191 cm³/mol. The number of nitrogens with zero attached hydrogens (tertiary/aromatic N) is 2. The fourth-order valence-corrected chi connectivity index (χ4v) is 7.23. The Balaban J connectivity index is 1.55. The standard InChI is InChI=1S/C40H32F2N2O5S/c1-2-27(21-45)43-37(46)31-19-30(24-10-14-26(42)15-11-24)36-34-32(20-29(35(33(31)34)39(43)48)23-8-12-25(41)13-9-23)38(47)44(40(36)49)28-16-6-22(7-17-28)5-3-4-18-50/h6-17,19-20,27,45,50H,2-5,18,21H2,1H3. The molecule has 0 saturated carbocycles. The van der Waals surface area contributed by atoms with Crippen molar-refractivity contribution in [3.8, 4) is 22.3 Å². The SMILES string of the molecule is CCC(CO)N1C(=O)c2cc(-c3ccc(F)cc3)c3c4c(cc(-c5ccc(F)cc5)c(c24)C1=O)C(=O)N(c1ccc(CCCCS)cc1)C3=O. The first-order valence-corrected chi connectivity index (χ1v) is 17.1. The third kappa shape index (κ3) is 5.39. The van der Waals surface area contributed by atoms with E-state index in [0.717, 1.165) is 40.4 Å². The minimum absolute atomic E-state index is 0.0504. The van der Waals surface area contributed by atoms with Crippen LogP contribution in [0.15, 0.2) is 84.9 Å². The molecule has 1 atom stereocenters. The summed E-state index contributed by atoms with van der Waals surface area (Å²) < 4.78 is 28.3. The molecule has 1 N–H and O–H groups in total. The van der Waals surface area contributed by atoms with Gasteiger partial charge < -0.3 is 5.11 Å². The largest absolute Gasteiger partial charge is 0.394 e. The summed E-state index contributed by atoms with van der Waals surface area (Å²) in [6.07, 6.45) is 2.95. The van der Waals surface area contributed by atoms with Crippen LogP contribution < -0.4 is 4.90 Å². The van der Waals surface area contributed by atoms with Crippen LogP contribution in [0, 0.1) is 11.6 Å². The van der Waals surface area contributed by atoms with Gasteiger partial charge in [-0.15, -0.1) is 0 Å². The summed E-state index contributed by atoms with van der Waals surface area (Å²) in [6, 6.07) is 20.2. The van der Waals surface area contributed by atoms with Gasteiger partial charge in [0.05, 0.1) is 29.5 Å².